The monoisotopic (exact) mass is 240 g/mol. The summed E-state index contributed by atoms with van der Waals surface area (Å²) in [5.74, 6) is -0.206. The fourth-order valence-electron chi connectivity index (χ4n) is 1.47. The summed E-state index contributed by atoms with van der Waals surface area (Å²) in [6, 6.07) is 1.97. The summed E-state index contributed by atoms with van der Waals surface area (Å²) in [4.78, 5) is 13.8. The Kier molecular flexibility index (Phi) is 4.14. The molecule has 1 aromatic rings. The number of carbonyl (C=O) groups is 1. The second-order valence-corrected chi connectivity index (χ2v) is 6.20. The predicted octanol–water partition coefficient (Wildman–Crippen LogP) is 3.96. The number of esters is 1. The topological polar surface area (TPSA) is 26.3 Å². The minimum absolute atomic E-state index is 0.206. The van der Waals surface area contributed by atoms with Crippen LogP contribution in [0.15, 0.2) is 6.07 Å². The second kappa shape index (κ2) is 5.00. The van der Waals surface area contributed by atoms with Gasteiger partial charge in [-0.3, -0.25) is 0 Å². The molecule has 3 heteroatoms. The summed E-state index contributed by atoms with van der Waals surface area (Å²) >= 11 is 1.53. The Labute approximate surface area is 102 Å². The molecule has 0 aliphatic carbocycles. The Morgan fingerprint density at radius 3 is 2.56 bits per heavy atom. The van der Waals surface area contributed by atoms with Gasteiger partial charge in [-0.2, -0.15) is 0 Å². The first-order valence-corrected chi connectivity index (χ1v) is 6.48. The molecule has 1 aromatic heterocycles. The van der Waals surface area contributed by atoms with Crippen LogP contribution in [0.4, 0.5) is 0 Å². The van der Waals surface area contributed by atoms with Crippen molar-refractivity contribution in [2.24, 2.45) is 0 Å². The first-order chi connectivity index (χ1) is 7.33. The van der Waals surface area contributed by atoms with Crippen LogP contribution in [0.3, 0.4) is 0 Å². The molecule has 0 saturated heterocycles. The van der Waals surface area contributed by atoms with Gasteiger partial charge in [-0.15, -0.1) is 11.3 Å². The molecular weight excluding hydrogens is 220 g/mol. The molecule has 0 N–H and O–H groups in total. The lowest BCUT2D eigenvalue weighted by atomic mass is 10.1. The van der Waals surface area contributed by atoms with Gasteiger partial charge in [0.1, 0.15) is 10.5 Å². The van der Waals surface area contributed by atoms with Gasteiger partial charge < -0.3 is 4.74 Å². The average Bonchev–Trinajstić information content (AvgIpc) is 2.46. The number of hydrogen-bond acceptors (Lipinski definition) is 3. The average molecular weight is 240 g/mol. The van der Waals surface area contributed by atoms with E-state index < -0.39 is 5.60 Å². The Balaban J connectivity index is 2.81. The van der Waals surface area contributed by atoms with E-state index in [0.717, 1.165) is 17.7 Å². The molecule has 0 spiro atoms. The summed E-state index contributed by atoms with van der Waals surface area (Å²) < 4.78 is 5.34. The third-order valence-electron chi connectivity index (χ3n) is 2.14. The molecular formula is C13H20O2S. The van der Waals surface area contributed by atoms with Crippen LogP contribution in [0.5, 0.6) is 0 Å². The smallest absolute Gasteiger partial charge is 0.348 e. The zero-order valence-electron chi connectivity index (χ0n) is 10.7. The van der Waals surface area contributed by atoms with Crippen LogP contribution in [0.2, 0.25) is 0 Å². The highest BCUT2D eigenvalue weighted by Gasteiger charge is 2.20. The fraction of sp³-hybridized carbons (Fsp3) is 0.615. The number of hydrogen-bond donors (Lipinski definition) is 0. The predicted molar refractivity (Wildman–Crippen MR) is 68.2 cm³/mol. The van der Waals surface area contributed by atoms with E-state index >= 15 is 0 Å². The van der Waals surface area contributed by atoms with Gasteiger partial charge in [0.25, 0.3) is 0 Å². The van der Waals surface area contributed by atoms with E-state index in [4.69, 9.17) is 4.74 Å². The van der Waals surface area contributed by atoms with Crippen molar-refractivity contribution in [2.45, 2.75) is 53.1 Å². The molecule has 1 rings (SSSR count). The van der Waals surface area contributed by atoms with Crippen LogP contribution in [0, 0.1) is 6.92 Å². The molecule has 0 aliphatic heterocycles. The van der Waals surface area contributed by atoms with Gasteiger partial charge in [0.15, 0.2) is 0 Å². The first kappa shape index (κ1) is 13.2. The molecule has 0 aliphatic rings. The summed E-state index contributed by atoms with van der Waals surface area (Å²) in [5.41, 5.74) is 0.855. The summed E-state index contributed by atoms with van der Waals surface area (Å²) in [6.45, 7) is 9.86. The van der Waals surface area contributed by atoms with E-state index in [-0.39, 0.29) is 5.97 Å². The highest BCUT2D eigenvalue weighted by atomic mass is 32.1. The molecule has 0 atom stereocenters. The molecule has 0 fully saturated rings. The molecule has 0 bridgehead atoms. The van der Waals surface area contributed by atoms with Gasteiger partial charge in [0.05, 0.1) is 0 Å². The van der Waals surface area contributed by atoms with Crippen LogP contribution in [-0.4, -0.2) is 11.6 Å². The summed E-state index contributed by atoms with van der Waals surface area (Å²) in [6.07, 6.45) is 2.14. The van der Waals surface area contributed by atoms with Crippen molar-refractivity contribution in [3.05, 3.63) is 21.4 Å². The van der Waals surface area contributed by atoms with Crippen molar-refractivity contribution in [1.29, 1.82) is 0 Å². The van der Waals surface area contributed by atoms with Crippen LogP contribution in [0.25, 0.3) is 0 Å². The molecule has 1 heterocycles. The fourth-order valence-corrected chi connectivity index (χ4v) is 2.41. The van der Waals surface area contributed by atoms with Gasteiger partial charge in [-0.1, -0.05) is 13.3 Å². The largest absolute Gasteiger partial charge is 0.456 e. The SMILES string of the molecule is CCCc1cc(C(=O)OC(C)(C)C)sc1C. The Hall–Kier alpha value is -0.830. The lowest BCUT2D eigenvalue weighted by molar-refractivity contribution is 0.00751. The maximum absolute atomic E-state index is 11.8. The summed E-state index contributed by atoms with van der Waals surface area (Å²) in [5, 5.41) is 0. The van der Waals surface area contributed by atoms with E-state index in [2.05, 4.69) is 13.8 Å². The van der Waals surface area contributed by atoms with Gasteiger partial charge in [0, 0.05) is 4.88 Å². The number of carbonyl (C=O) groups excluding carboxylic acids is 1. The number of aryl methyl sites for hydroxylation is 2. The van der Waals surface area contributed by atoms with Gasteiger partial charge in [-0.25, -0.2) is 4.79 Å². The van der Waals surface area contributed by atoms with E-state index in [1.54, 1.807) is 0 Å². The first-order valence-electron chi connectivity index (χ1n) is 5.66. The highest BCUT2D eigenvalue weighted by molar-refractivity contribution is 7.14. The second-order valence-electron chi connectivity index (χ2n) is 4.94. The normalized spacial score (nSPS) is 11.6. The molecule has 0 saturated carbocycles. The molecule has 0 radical (unpaired) electrons. The standard InChI is InChI=1S/C13H20O2S/c1-6-7-10-8-11(16-9(10)2)12(14)15-13(3,4)5/h8H,6-7H2,1-5H3. The van der Waals surface area contributed by atoms with Crippen molar-refractivity contribution in [2.75, 3.05) is 0 Å². The van der Waals surface area contributed by atoms with Crippen molar-refractivity contribution in [3.63, 3.8) is 0 Å². The zero-order chi connectivity index (χ0) is 12.3. The van der Waals surface area contributed by atoms with E-state index in [9.17, 15) is 4.79 Å². The molecule has 16 heavy (non-hydrogen) atoms. The lowest BCUT2D eigenvalue weighted by Crippen LogP contribution is -2.23. The van der Waals surface area contributed by atoms with Crippen LogP contribution in [-0.2, 0) is 11.2 Å². The van der Waals surface area contributed by atoms with Gasteiger partial charge >= 0.3 is 5.97 Å². The van der Waals surface area contributed by atoms with Crippen LogP contribution >= 0.6 is 11.3 Å². The third-order valence-corrected chi connectivity index (χ3v) is 3.21. The molecule has 0 aromatic carbocycles. The maximum atomic E-state index is 11.8. The van der Waals surface area contributed by atoms with Crippen molar-refractivity contribution >= 4 is 17.3 Å². The van der Waals surface area contributed by atoms with Gasteiger partial charge in [-0.05, 0) is 45.7 Å². The number of ether oxygens (including phenoxy) is 1. The minimum atomic E-state index is -0.417. The Morgan fingerprint density at radius 1 is 1.44 bits per heavy atom. The molecule has 0 unspecified atom stereocenters. The highest BCUT2D eigenvalue weighted by Crippen LogP contribution is 2.24. The minimum Gasteiger partial charge on any atom is -0.456 e. The lowest BCUT2D eigenvalue weighted by Gasteiger charge is -2.18. The zero-order valence-corrected chi connectivity index (χ0v) is 11.5. The maximum Gasteiger partial charge on any atom is 0.348 e. The quantitative estimate of drug-likeness (QED) is 0.747. The van der Waals surface area contributed by atoms with Crippen molar-refractivity contribution in [1.82, 2.24) is 0 Å². The van der Waals surface area contributed by atoms with Crippen LogP contribution in [0.1, 0.15) is 54.2 Å². The Morgan fingerprint density at radius 2 is 2.06 bits per heavy atom. The van der Waals surface area contributed by atoms with E-state index in [0.29, 0.717) is 0 Å². The number of thiophene rings is 1. The summed E-state index contributed by atoms with van der Waals surface area (Å²) in [7, 11) is 0. The molecule has 2 nitrogen and oxygen atoms in total. The van der Waals surface area contributed by atoms with Crippen LogP contribution < -0.4 is 0 Å². The van der Waals surface area contributed by atoms with Crippen molar-refractivity contribution < 1.29 is 9.53 Å². The van der Waals surface area contributed by atoms with E-state index in [1.165, 1.54) is 21.8 Å². The Bertz CT molecular complexity index is 372. The van der Waals surface area contributed by atoms with E-state index in [1.807, 2.05) is 26.8 Å². The number of rotatable bonds is 3. The third kappa shape index (κ3) is 3.63. The van der Waals surface area contributed by atoms with Gasteiger partial charge in [0.2, 0.25) is 0 Å². The van der Waals surface area contributed by atoms with Crippen molar-refractivity contribution in [3.8, 4) is 0 Å². The molecule has 90 valence electrons. The molecule has 0 amide bonds.